The summed E-state index contributed by atoms with van der Waals surface area (Å²) < 4.78 is 10.7. The quantitative estimate of drug-likeness (QED) is 0.816. The minimum atomic E-state index is -0.197. The van der Waals surface area contributed by atoms with Gasteiger partial charge in [-0.1, -0.05) is 6.07 Å². The zero-order valence-corrected chi connectivity index (χ0v) is 11.3. The van der Waals surface area contributed by atoms with Crippen molar-refractivity contribution in [1.29, 1.82) is 0 Å². The number of hydrogen-bond acceptors (Lipinski definition) is 5. The van der Waals surface area contributed by atoms with Crippen molar-refractivity contribution in [1.82, 2.24) is 9.97 Å². The maximum Gasteiger partial charge on any atom is 0.251 e. The van der Waals surface area contributed by atoms with Crippen LogP contribution >= 0.6 is 0 Å². The van der Waals surface area contributed by atoms with E-state index < -0.39 is 0 Å². The number of nitrogens with two attached hydrogens (primary N) is 1. The third-order valence-corrected chi connectivity index (χ3v) is 2.70. The summed E-state index contributed by atoms with van der Waals surface area (Å²) in [4.78, 5) is 18.3. The number of rotatable bonds is 6. The van der Waals surface area contributed by atoms with Crippen molar-refractivity contribution in [3.8, 4) is 11.5 Å². The number of nitrogens with zero attached hydrogens (tertiary/aromatic N) is 1. The van der Waals surface area contributed by atoms with E-state index in [0.29, 0.717) is 30.3 Å². The van der Waals surface area contributed by atoms with Crippen LogP contribution in [0.1, 0.15) is 11.5 Å². The summed E-state index contributed by atoms with van der Waals surface area (Å²) in [5, 5.41) is 0. The van der Waals surface area contributed by atoms with Gasteiger partial charge < -0.3 is 20.2 Å². The molecule has 6 nitrogen and oxygen atoms in total. The van der Waals surface area contributed by atoms with Gasteiger partial charge in [-0.25, -0.2) is 4.98 Å². The number of H-pyrrole nitrogens is 1. The van der Waals surface area contributed by atoms with Crippen molar-refractivity contribution >= 4 is 0 Å². The molecule has 20 heavy (non-hydrogen) atoms. The zero-order valence-electron chi connectivity index (χ0n) is 11.3. The molecule has 3 N–H and O–H groups in total. The van der Waals surface area contributed by atoms with Gasteiger partial charge in [0, 0.05) is 25.1 Å². The van der Waals surface area contributed by atoms with Gasteiger partial charge in [-0.2, -0.15) is 0 Å². The van der Waals surface area contributed by atoms with Crippen molar-refractivity contribution in [2.45, 2.75) is 13.0 Å². The van der Waals surface area contributed by atoms with Gasteiger partial charge in [-0.15, -0.1) is 0 Å². The number of benzene rings is 1. The van der Waals surface area contributed by atoms with Gasteiger partial charge in [0.2, 0.25) is 0 Å². The highest BCUT2D eigenvalue weighted by Gasteiger charge is 2.02. The molecule has 0 bridgehead atoms. The molecular formula is C14H17N3O3. The number of hydrogen-bond donors (Lipinski definition) is 2. The highest BCUT2D eigenvalue weighted by Crippen LogP contribution is 2.18. The van der Waals surface area contributed by atoms with E-state index in [-0.39, 0.29) is 12.1 Å². The molecule has 2 rings (SSSR count). The molecule has 0 aliphatic carbocycles. The molecule has 0 unspecified atom stereocenters. The second-order valence-electron chi connectivity index (χ2n) is 4.16. The van der Waals surface area contributed by atoms with Crippen LogP contribution in [0.3, 0.4) is 0 Å². The Morgan fingerprint density at radius 1 is 1.30 bits per heavy atom. The van der Waals surface area contributed by atoms with Gasteiger partial charge in [0.15, 0.2) is 0 Å². The average molecular weight is 275 g/mol. The summed E-state index contributed by atoms with van der Waals surface area (Å²) in [5.41, 5.74) is 5.86. The normalized spacial score (nSPS) is 10.3. The van der Waals surface area contributed by atoms with Crippen LogP contribution in [-0.4, -0.2) is 23.7 Å². The highest BCUT2D eigenvalue weighted by atomic mass is 16.5. The molecule has 1 aromatic carbocycles. The SMILES string of the molecule is COc1cccc(OCCc2nc(CN)cc(=O)[nH]2)c1. The van der Waals surface area contributed by atoms with E-state index in [0.717, 1.165) is 5.75 Å². The Labute approximate surface area is 116 Å². The third-order valence-electron chi connectivity index (χ3n) is 2.70. The predicted molar refractivity (Wildman–Crippen MR) is 74.9 cm³/mol. The summed E-state index contributed by atoms with van der Waals surface area (Å²) in [5.74, 6) is 2.02. The Morgan fingerprint density at radius 3 is 2.85 bits per heavy atom. The first-order valence-corrected chi connectivity index (χ1v) is 6.27. The summed E-state index contributed by atoms with van der Waals surface area (Å²) in [6.07, 6.45) is 0.500. The summed E-state index contributed by atoms with van der Waals surface area (Å²) in [6, 6.07) is 8.73. The fourth-order valence-electron chi connectivity index (χ4n) is 1.74. The summed E-state index contributed by atoms with van der Waals surface area (Å²) >= 11 is 0. The molecule has 0 saturated heterocycles. The van der Waals surface area contributed by atoms with Gasteiger partial charge in [0.25, 0.3) is 5.56 Å². The third kappa shape index (κ3) is 3.83. The monoisotopic (exact) mass is 275 g/mol. The molecule has 0 spiro atoms. The van der Waals surface area contributed by atoms with Crippen molar-refractivity contribution < 1.29 is 9.47 Å². The number of methoxy groups -OCH3 is 1. The molecular weight excluding hydrogens is 258 g/mol. The topological polar surface area (TPSA) is 90.2 Å². The molecule has 106 valence electrons. The van der Waals surface area contributed by atoms with Crippen molar-refractivity contribution in [2.75, 3.05) is 13.7 Å². The van der Waals surface area contributed by atoms with E-state index >= 15 is 0 Å². The Balaban J connectivity index is 1.95. The molecule has 0 atom stereocenters. The second-order valence-corrected chi connectivity index (χ2v) is 4.16. The molecule has 0 fully saturated rings. The molecule has 1 heterocycles. The number of aromatic nitrogens is 2. The number of ether oxygens (including phenoxy) is 2. The molecule has 0 aliphatic heterocycles. The van der Waals surface area contributed by atoms with Gasteiger partial charge in [-0.3, -0.25) is 4.79 Å². The molecule has 0 amide bonds. The van der Waals surface area contributed by atoms with Gasteiger partial charge in [0.05, 0.1) is 19.4 Å². The zero-order chi connectivity index (χ0) is 14.4. The molecule has 2 aromatic rings. The Bertz CT molecular complexity index is 625. The van der Waals surface area contributed by atoms with Crippen LogP contribution in [-0.2, 0) is 13.0 Å². The Kier molecular flexibility index (Phi) is 4.73. The van der Waals surface area contributed by atoms with Gasteiger partial charge >= 0.3 is 0 Å². The first-order valence-electron chi connectivity index (χ1n) is 6.27. The van der Waals surface area contributed by atoms with Crippen LogP contribution in [0.2, 0.25) is 0 Å². The predicted octanol–water partition coefficient (Wildman–Crippen LogP) is 0.859. The van der Waals surface area contributed by atoms with Gasteiger partial charge in [0.1, 0.15) is 17.3 Å². The Morgan fingerprint density at radius 2 is 2.10 bits per heavy atom. The number of nitrogens with one attached hydrogen (secondary N) is 1. The minimum Gasteiger partial charge on any atom is -0.497 e. The lowest BCUT2D eigenvalue weighted by Gasteiger charge is -2.07. The second kappa shape index (κ2) is 6.72. The van der Waals surface area contributed by atoms with E-state index in [1.807, 2.05) is 18.2 Å². The highest BCUT2D eigenvalue weighted by molar-refractivity contribution is 5.32. The first-order chi connectivity index (χ1) is 9.71. The van der Waals surface area contributed by atoms with E-state index in [1.54, 1.807) is 13.2 Å². The maximum atomic E-state index is 11.4. The number of aromatic amines is 1. The first kappa shape index (κ1) is 14.1. The van der Waals surface area contributed by atoms with Gasteiger partial charge in [-0.05, 0) is 12.1 Å². The molecule has 1 aromatic heterocycles. The van der Waals surface area contributed by atoms with Crippen LogP contribution < -0.4 is 20.8 Å². The lowest BCUT2D eigenvalue weighted by atomic mass is 10.3. The fourth-order valence-corrected chi connectivity index (χ4v) is 1.74. The van der Waals surface area contributed by atoms with E-state index in [4.69, 9.17) is 15.2 Å². The van der Waals surface area contributed by atoms with Crippen molar-refractivity contribution in [3.05, 3.63) is 52.2 Å². The maximum absolute atomic E-state index is 11.4. The lowest BCUT2D eigenvalue weighted by Crippen LogP contribution is -2.16. The average Bonchev–Trinajstić information content (AvgIpc) is 2.47. The van der Waals surface area contributed by atoms with Crippen LogP contribution in [0.4, 0.5) is 0 Å². The Hall–Kier alpha value is -2.34. The summed E-state index contributed by atoms with van der Waals surface area (Å²) in [7, 11) is 1.60. The van der Waals surface area contributed by atoms with E-state index in [9.17, 15) is 4.79 Å². The van der Waals surface area contributed by atoms with Crippen molar-refractivity contribution in [3.63, 3.8) is 0 Å². The fraction of sp³-hybridized carbons (Fsp3) is 0.286. The van der Waals surface area contributed by atoms with Crippen LogP contribution in [0.5, 0.6) is 11.5 Å². The summed E-state index contributed by atoms with van der Waals surface area (Å²) in [6.45, 7) is 0.651. The standard InChI is InChI=1S/C14H17N3O3/c1-19-11-3-2-4-12(8-11)20-6-5-13-16-10(9-15)7-14(18)17-13/h2-4,7-8H,5-6,9,15H2,1H3,(H,16,17,18). The lowest BCUT2D eigenvalue weighted by molar-refractivity contribution is 0.315. The largest absolute Gasteiger partial charge is 0.497 e. The van der Waals surface area contributed by atoms with Crippen LogP contribution in [0.25, 0.3) is 0 Å². The molecule has 0 radical (unpaired) electrons. The molecule has 0 aliphatic rings. The molecule has 6 heteroatoms. The minimum absolute atomic E-state index is 0.197. The van der Waals surface area contributed by atoms with E-state index in [2.05, 4.69) is 9.97 Å². The smallest absolute Gasteiger partial charge is 0.251 e. The van der Waals surface area contributed by atoms with Crippen molar-refractivity contribution in [2.24, 2.45) is 5.73 Å². The molecule has 0 saturated carbocycles. The van der Waals surface area contributed by atoms with Crippen LogP contribution in [0, 0.1) is 0 Å². The van der Waals surface area contributed by atoms with E-state index in [1.165, 1.54) is 6.07 Å². The van der Waals surface area contributed by atoms with Crippen LogP contribution in [0.15, 0.2) is 35.1 Å².